The highest BCUT2D eigenvalue weighted by Gasteiger charge is 2.48. The first-order valence-electron chi connectivity index (χ1n) is 16.9. The van der Waals surface area contributed by atoms with Crippen molar-refractivity contribution in [2.75, 3.05) is 51.3 Å². The molecule has 4 aliphatic rings. The van der Waals surface area contributed by atoms with E-state index < -0.39 is 26.8 Å². The summed E-state index contributed by atoms with van der Waals surface area (Å²) in [6, 6.07) is 11.3. The van der Waals surface area contributed by atoms with Gasteiger partial charge in [-0.2, -0.15) is 0 Å². The van der Waals surface area contributed by atoms with Gasteiger partial charge in [0.2, 0.25) is 10.0 Å². The molecule has 0 saturated heterocycles. The fraction of sp³-hybridized carbons (Fsp3) is 0.583. The standard InChI is InChI=1S/C36H48ClN3O6S/c1-24-6-4-15-36(43,22-39(3)16-17-41)31-11-8-28(31)20-40-21-35(14-5-7-26-18-29(37)10-12-30(26)35)23-46-33-13-9-27(19-32(33)40)34(42)38-47(44,45)25(24)2/h4,9-10,12-13,15,18-19,24-25,28,31,41,43H,5-8,11,14,16-17,20-23H2,1-3H3,(H,38,42)/b15-4+/t24-,25+,28-,31+,35-,36-/m0/s1. The van der Waals surface area contributed by atoms with E-state index in [1.54, 1.807) is 25.1 Å². The van der Waals surface area contributed by atoms with E-state index in [2.05, 4.69) is 21.8 Å². The lowest BCUT2D eigenvalue weighted by Gasteiger charge is -2.50. The zero-order chi connectivity index (χ0) is 33.6. The Balaban J connectivity index is 1.44. The second-order valence-corrected chi connectivity index (χ2v) is 17.0. The van der Waals surface area contributed by atoms with E-state index in [4.69, 9.17) is 16.3 Å². The van der Waals surface area contributed by atoms with Crippen molar-refractivity contribution >= 4 is 33.2 Å². The fourth-order valence-electron chi connectivity index (χ4n) is 8.23. The van der Waals surface area contributed by atoms with Gasteiger partial charge in [-0.05, 0) is 112 Å². The van der Waals surface area contributed by atoms with Crippen molar-refractivity contribution in [2.45, 2.75) is 68.6 Å². The highest BCUT2D eigenvalue weighted by Crippen LogP contribution is 2.48. The molecule has 1 fully saturated rings. The Morgan fingerprint density at radius 2 is 1.98 bits per heavy atom. The van der Waals surface area contributed by atoms with Gasteiger partial charge in [0.15, 0.2) is 0 Å². The maximum atomic E-state index is 13.5. The number of carbonyl (C=O) groups excluding carboxylic acids is 1. The van der Waals surface area contributed by atoms with Crippen molar-refractivity contribution in [1.82, 2.24) is 9.62 Å². The van der Waals surface area contributed by atoms with Gasteiger partial charge in [-0.3, -0.25) is 4.79 Å². The molecule has 6 rings (SSSR count). The molecule has 0 radical (unpaired) electrons. The number of hydrogen-bond donors (Lipinski definition) is 3. The Kier molecular flexibility index (Phi) is 9.73. The van der Waals surface area contributed by atoms with Crippen LogP contribution in [0.4, 0.5) is 5.69 Å². The van der Waals surface area contributed by atoms with Crippen LogP contribution in [0.25, 0.3) is 0 Å². The first-order valence-corrected chi connectivity index (χ1v) is 18.8. The number of nitrogens with zero attached hydrogens (tertiary/aromatic N) is 2. The number of nitrogens with one attached hydrogen (secondary N) is 1. The average Bonchev–Trinajstić information content (AvgIpc) is 3.14. The van der Waals surface area contributed by atoms with Gasteiger partial charge in [0.05, 0.1) is 29.8 Å². The number of amides is 1. The van der Waals surface area contributed by atoms with Crippen molar-refractivity contribution in [3.63, 3.8) is 0 Å². The number of benzene rings is 2. The Morgan fingerprint density at radius 3 is 2.72 bits per heavy atom. The number of allylic oxidation sites excluding steroid dienone is 1. The summed E-state index contributed by atoms with van der Waals surface area (Å²) in [5.41, 5.74) is 1.99. The molecule has 1 saturated carbocycles. The molecular weight excluding hydrogens is 638 g/mol. The van der Waals surface area contributed by atoms with E-state index >= 15 is 0 Å². The van der Waals surface area contributed by atoms with Gasteiger partial charge < -0.3 is 24.7 Å². The van der Waals surface area contributed by atoms with Crippen LogP contribution in [0.15, 0.2) is 48.6 Å². The second kappa shape index (κ2) is 13.3. The van der Waals surface area contributed by atoms with Crippen LogP contribution in [0, 0.1) is 17.8 Å². The summed E-state index contributed by atoms with van der Waals surface area (Å²) in [5, 5.41) is 21.8. The Labute approximate surface area is 284 Å². The van der Waals surface area contributed by atoms with Crippen molar-refractivity contribution in [1.29, 1.82) is 0 Å². The molecule has 2 heterocycles. The van der Waals surface area contributed by atoms with Gasteiger partial charge in [-0.25, -0.2) is 13.1 Å². The molecule has 2 bridgehead atoms. The highest BCUT2D eigenvalue weighted by atomic mass is 35.5. The summed E-state index contributed by atoms with van der Waals surface area (Å²) < 4.78 is 35.7. The van der Waals surface area contributed by atoms with Crippen LogP contribution in [0.3, 0.4) is 0 Å². The molecule has 2 aliphatic heterocycles. The summed E-state index contributed by atoms with van der Waals surface area (Å²) in [7, 11) is -2.09. The highest BCUT2D eigenvalue weighted by molar-refractivity contribution is 7.90. The van der Waals surface area contributed by atoms with E-state index in [0.717, 1.165) is 37.8 Å². The third-order valence-electron chi connectivity index (χ3n) is 11.3. The number of fused-ring (bicyclic) bond motifs is 4. The quantitative estimate of drug-likeness (QED) is 0.402. The number of anilines is 1. The number of aliphatic hydroxyl groups excluding tert-OH is 1. The van der Waals surface area contributed by atoms with Gasteiger partial charge in [-0.15, -0.1) is 0 Å². The number of sulfonamides is 1. The van der Waals surface area contributed by atoms with Crippen molar-refractivity contribution in [3.05, 3.63) is 70.3 Å². The summed E-state index contributed by atoms with van der Waals surface area (Å²) >= 11 is 6.43. The lowest BCUT2D eigenvalue weighted by molar-refractivity contribution is -0.0624. The SMILES string of the molecule is C[C@@H]1[C@@H](C)C/C=C/[C@](O)(CN(C)CCO)[C@@H]2CC[C@H]2CN2C[C@@]3(CCCc4cc(Cl)ccc43)COc3ccc(cc32)C(=O)NS1(=O)=O. The van der Waals surface area contributed by atoms with Crippen LogP contribution in [-0.2, 0) is 21.9 Å². The molecule has 0 aromatic heterocycles. The third-order valence-corrected chi connectivity index (χ3v) is 13.4. The van der Waals surface area contributed by atoms with Crippen LogP contribution in [-0.4, -0.2) is 86.7 Å². The smallest absolute Gasteiger partial charge is 0.264 e. The lowest BCUT2D eigenvalue weighted by atomic mass is 9.63. The number of carbonyl (C=O) groups is 1. The fourth-order valence-corrected chi connectivity index (χ4v) is 9.70. The average molecular weight is 686 g/mol. The van der Waals surface area contributed by atoms with Gasteiger partial charge in [0.1, 0.15) is 5.75 Å². The number of halogens is 1. The Hall–Kier alpha value is -2.63. The summed E-state index contributed by atoms with van der Waals surface area (Å²) in [6.07, 6.45) is 8.86. The van der Waals surface area contributed by atoms with Gasteiger partial charge >= 0.3 is 0 Å². The zero-order valence-electron chi connectivity index (χ0n) is 27.6. The second-order valence-electron chi connectivity index (χ2n) is 14.5. The molecule has 9 nitrogen and oxygen atoms in total. The van der Waals surface area contributed by atoms with Crippen molar-refractivity contribution in [3.8, 4) is 5.75 Å². The molecule has 256 valence electrons. The molecule has 11 heteroatoms. The molecular formula is C36H48ClN3O6S. The van der Waals surface area contributed by atoms with Crippen LogP contribution >= 0.6 is 11.6 Å². The van der Waals surface area contributed by atoms with Gasteiger partial charge in [0, 0.05) is 42.2 Å². The number of aliphatic hydroxyl groups is 2. The first-order chi connectivity index (χ1) is 22.3. The number of ether oxygens (including phenoxy) is 1. The zero-order valence-corrected chi connectivity index (χ0v) is 29.2. The predicted molar refractivity (Wildman–Crippen MR) is 185 cm³/mol. The minimum Gasteiger partial charge on any atom is -0.490 e. The van der Waals surface area contributed by atoms with E-state index in [-0.39, 0.29) is 35.3 Å². The number of likely N-dealkylation sites (N-methyl/N-ethyl adjacent to an activating group) is 1. The number of aryl methyl sites for hydroxylation is 1. The Morgan fingerprint density at radius 1 is 1.17 bits per heavy atom. The summed E-state index contributed by atoms with van der Waals surface area (Å²) in [6.45, 7) is 5.99. The maximum absolute atomic E-state index is 13.5. The van der Waals surface area contributed by atoms with Gasteiger partial charge in [-0.1, -0.05) is 36.7 Å². The normalized spacial score (nSPS) is 32.7. The van der Waals surface area contributed by atoms with Crippen LogP contribution in [0.1, 0.15) is 67.4 Å². The van der Waals surface area contributed by atoms with E-state index in [9.17, 15) is 23.4 Å². The Bertz CT molecular complexity index is 1630. The number of rotatable bonds is 4. The third kappa shape index (κ3) is 6.81. The van der Waals surface area contributed by atoms with Gasteiger partial charge in [0.25, 0.3) is 5.91 Å². The minimum atomic E-state index is -3.99. The van der Waals surface area contributed by atoms with Crippen LogP contribution in [0.2, 0.25) is 5.02 Å². The van der Waals surface area contributed by atoms with Crippen molar-refractivity contribution in [2.24, 2.45) is 17.8 Å². The van der Waals surface area contributed by atoms with E-state index in [1.165, 1.54) is 11.1 Å². The van der Waals surface area contributed by atoms with Crippen LogP contribution in [0.5, 0.6) is 5.75 Å². The minimum absolute atomic E-state index is 0.00974. The molecule has 2 aromatic rings. The summed E-state index contributed by atoms with van der Waals surface area (Å²) in [5.74, 6) is -0.197. The maximum Gasteiger partial charge on any atom is 0.264 e. The largest absolute Gasteiger partial charge is 0.490 e. The monoisotopic (exact) mass is 685 g/mol. The van der Waals surface area contributed by atoms with Crippen molar-refractivity contribution < 1.29 is 28.2 Å². The first kappa shape index (κ1) is 34.2. The molecule has 3 N–H and O–H groups in total. The molecule has 6 atom stereocenters. The van der Waals surface area contributed by atoms with E-state index in [0.29, 0.717) is 50.0 Å². The molecule has 0 unspecified atom stereocenters. The lowest BCUT2D eigenvalue weighted by Crippen LogP contribution is -2.55. The summed E-state index contributed by atoms with van der Waals surface area (Å²) in [4.78, 5) is 17.7. The molecule has 47 heavy (non-hydrogen) atoms. The van der Waals surface area contributed by atoms with E-state index in [1.807, 2.05) is 37.1 Å². The molecule has 2 aliphatic carbocycles. The molecule has 2 aromatic carbocycles. The number of hydrogen-bond acceptors (Lipinski definition) is 8. The predicted octanol–water partition coefficient (Wildman–Crippen LogP) is 4.54. The molecule has 1 spiro atoms. The topological polar surface area (TPSA) is 119 Å². The van der Waals surface area contributed by atoms with Crippen LogP contribution < -0.4 is 14.4 Å². The molecule has 1 amide bonds.